The summed E-state index contributed by atoms with van der Waals surface area (Å²) in [5.41, 5.74) is 10.9. The zero-order valence-corrected chi connectivity index (χ0v) is 11.4. The molecule has 13 nitrogen and oxygen atoms in total. The van der Waals surface area contributed by atoms with E-state index in [0.29, 0.717) is 0 Å². The van der Waals surface area contributed by atoms with Crippen LogP contribution in [-0.4, -0.2) is 59.4 Å². The minimum Gasteiger partial charge on any atom is -0.394 e. The normalized spacial score (nSPS) is 30.5. The lowest BCUT2D eigenvalue weighted by atomic mass is 10.0. The van der Waals surface area contributed by atoms with Gasteiger partial charge in [-0.15, -0.1) is 0 Å². The number of fused-ring (bicyclic) bond motifs is 1. The van der Waals surface area contributed by atoms with E-state index in [0.717, 1.165) is 10.9 Å². The maximum absolute atomic E-state index is 11.8. The van der Waals surface area contributed by atoms with Crippen LogP contribution in [0.5, 0.6) is 0 Å². The summed E-state index contributed by atoms with van der Waals surface area (Å²) >= 11 is 0. The van der Waals surface area contributed by atoms with Crippen molar-refractivity contribution in [1.82, 2.24) is 19.5 Å². The van der Waals surface area contributed by atoms with Crippen LogP contribution in [-0.2, 0) is 4.74 Å². The van der Waals surface area contributed by atoms with Gasteiger partial charge in [0.2, 0.25) is 11.7 Å². The van der Waals surface area contributed by atoms with Gasteiger partial charge in [0.25, 0.3) is 5.56 Å². The standard InChI is InChI=1S/C10H12N8O5/c11-9-14-6-4(7(21)15-9)13-2-18(6)8-10(22,16-17-12)5(20)3(1-19)23-8/h2-3,5,8,19-20,22H,1H2,(H3,11,14,15,21). The summed E-state index contributed by atoms with van der Waals surface area (Å²) < 4.78 is 6.43. The van der Waals surface area contributed by atoms with Gasteiger partial charge in [0.15, 0.2) is 17.4 Å². The lowest BCUT2D eigenvalue weighted by molar-refractivity contribution is -0.103. The highest BCUT2D eigenvalue weighted by molar-refractivity contribution is 5.70. The molecular formula is C10H12N8O5. The number of ether oxygens (including phenoxy) is 1. The number of aliphatic hydroxyl groups excluding tert-OH is 2. The van der Waals surface area contributed by atoms with Gasteiger partial charge in [0, 0.05) is 4.91 Å². The van der Waals surface area contributed by atoms with Gasteiger partial charge in [-0.3, -0.25) is 14.3 Å². The molecule has 0 aliphatic carbocycles. The predicted molar refractivity (Wildman–Crippen MR) is 73.7 cm³/mol. The van der Waals surface area contributed by atoms with Crippen molar-refractivity contribution in [2.24, 2.45) is 5.11 Å². The molecule has 1 aliphatic rings. The fourth-order valence-electron chi connectivity index (χ4n) is 2.47. The number of hydrogen-bond acceptors (Lipinski definition) is 9. The van der Waals surface area contributed by atoms with Crippen molar-refractivity contribution in [3.8, 4) is 0 Å². The number of azide groups is 1. The highest BCUT2D eigenvalue weighted by Gasteiger charge is 2.56. The van der Waals surface area contributed by atoms with Gasteiger partial charge in [0.1, 0.15) is 12.2 Å². The maximum atomic E-state index is 11.8. The van der Waals surface area contributed by atoms with Gasteiger partial charge in [-0.05, 0) is 5.53 Å². The van der Waals surface area contributed by atoms with Crippen LogP contribution in [0.1, 0.15) is 6.23 Å². The number of nitrogens with two attached hydrogens (primary N) is 1. The predicted octanol–water partition coefficient (Wildman–Crippen LogP) is -2.05. The molecule has 4 unspecified atom stereocenters. The first-order valence-electron chi connectivity index (χ1n) is 6.37. The molecule has 1 saturated heterocycles. The number of nitrogens with one attached hydrogen (secondary N) is 1. The number of aliphatic hydroxyl groups is 3. The number of aromatic amines is 1. The smallest absolute Gasteiger partial charge is 0.280 e. The number of imidazole rings is 1. The third-order valence-corrected chi connectivity index (χ3v) is 3.54. The highest BCUT2D eigenvalue weighted by atomic mass is 16.6. The third kappa shape index (κ3) is 2.11. The van der Waals surface area contributed by atoms with E-state index in [4.69, 9.17) is 16.0 Å². The van der Waals surface area contributed by atoms with E-state index < -0.39 is 36.3 Å². The maximum Gasteiger partial charge on any atom is 0.280 e. The van der Waals surface area contributed by atoms with Crippen molar-refractivity contribution in [2.75, 3.05) is 12.3 Å². The van der Waals surface area contributed by atoms with Crippen molar-refractivity contribution in [2.45, 2.75) is 24.2 Å². The summed E-state index contributed by atoms with van der Waals surface area (Å²) in [4.78, 5) is 24.2. The number of aromatic nitrogens is 4. The Balaban J connectivity index is 2.20. The molecule has 0 spiro atoms. The third-order valence-electron chi connectivity index (χ3n) is 3.54. The van der Waals surface area contributed by atoms with Gasteiger partial charge >= 0.3 is 0 Å². The molecule has 2 aromatic heterocycles. The van der Waals surface area contributed by atoms with Gasteiger partial charge in [-0.1, -0.05) is 5.11 Å². The van der Waals surface area contributed by atoms with Crippen LogP contribution in [0, 0.1) is 0 Å². The van der Waals surface area contributed by atoms with Gasteiger partial charge in [-0.2, -0.15) is 4.98 Å². The van der Waals surface area contributed by atoms with E-state index in [-0.39, 0.29) is 17.1 Å². The molecule has 122 valence electrons. The van der Waals surface area contributed by atoms with Crippen LogP contribution >= 0.6 is 0 Å². The number of nitrogens with zero attached hydrogens (tertiary/aromatic N) is 6. The molecule has 13 heteroatoms. The summed E-state index contributed by atoms with van der Waals surface area (Å²) in [5, 5.41) is 32.9. The van der Waals surface area contributed by atoms with Crippen molar-refractivity contribution < 1.29 is 20.1 Å². The van der Waals surface area contributed by atoms with Crippen LogP contribution in [0.3, 0.4) is 0 Å². The van der Waals surface area contributed by atoms with Crippen molar-refractivity contribution >= 4 is 17.1 Å². The highest BCUT2D eigenvalue weighted by Crippen LogP contribution is 2.40. The van der Waals surface area contributed by atoms with Crippen molar-refractivity contribution in [1.29, 1.82) is 0 Å². The van der Waals surface area contributed by atoms with Crippen LogP contribution in [0.4, 0.5) is 5.95 Å². The number of H-pyrrole nitrogens is 1. The van der Waals surface area contributed by atoms with E-state index in [9.17, 15) is 20.1 Å². The Morgan fingerprint density at radius 1 is 1.65 bits per heavy atom. The Kier molecular flexibility index (Phi) is 3.43. The molecule has 3 heterocycles. The number of rotatable bonds is 3. The molecule has 0 aromatic carbocycles. The Morgan fingerprint density at radius 3 is 3.04 bits per heavy atom. The molecule has 6 N–H and O–H groups in total. The first kappa shape index (κ1) is 15.2. The summed E-state index contributed by atoms with van der Waals surface area (Å²) in [7, 11) is 0. The van der Waals surface area contributed by atoms with E-state index in [2.05, 4.69) is 25.0 Å². The molecule has 3 rings (SSSR count). The second-order valence-electron chi connectivity index (χ2n) is 4.90. The van der Waals surface area contributed by atoms with Gasteiger partial charge < -0.3 is 25.8 Å². The molecule has 2 aromatic rings. The van der Waals surface area contributed by atoms with E-state index in [1.165, 1.54) is 0 Å². The Hall–Kier alpha value is -2.70. The molecule has 1 aliphatic heterocycles. The first-order valence-corrected chi connectivity index (χ1v) is 6.37. The second-order valence-corrected chi connectivity index (χ2v) is 4.90. The molecular weight excluding hydrogens is 312 g/mol. The van der Waals surface area contributed by atoms with E-state index >= 15 is 0 Å². The first-order chi connectivity index (χ1) is 10.9. The number of anilines is 1. The Morgan fingerprint density at radius 2 is 2.39 bits per heavy atom. The summed E-state index contributed by atoms with van der Waals surface area (Å²) in [6, 6.07) is 0. The fraction of sp³-hybridized carbons (Fsp3) is 0.500. The summed E-state index contributed by atoms with van der Waals surface area (Å²) in [6.07, 6.45) is -3.27. The second kappa shape index (κ2) is 5.19. The summed E-state index contributed by atoms with van der Waals surface area (Å²) in [6.45, 7) is -0.635. The molecule has 1 fully saturated rings. The van der Waals surface area contributed by atoms with Gasteiger partial charge in [-0.25, -0.2) is 4.98 Å². The largest absolute Gasteiger partial charge is 0.394 e. The van der Waals surface area contributed by atoms with E-state index in [1.54, 1.807) is 0 Å². The fourth-order valence-corrected chi connectivity index (χ4v) is 2.47. The minimum atomic E-state index is -2.44. The quantitative estimate of drug-likeness (QED) is 0.240. The number of hydrogen-bond donors (Lipinski definition) is 5. The SMILES string of the molecule is [N-]=[N+]=NC1(O)C(O)C(CO)OC1n1cnc2c(=O)[nH]c(N)nc21. The van der Waals surface area contributed by atoms with Crippen LogP contribution < -0.4 is 11.3 Å². The van der Waals surface area contributed by atoms with Crippen LogP contribution in [0.2, 0.25) is 0 Å². The summed E-state index contributed by atoms with van der Waals surface area (Å²) in [5.74, 6) is -0.200. The van der Waals surface area contributed by atoms with Gasteiger partial charge in [0.05, 0.1) is 12.9 Å². The topological polar surface area (TPSA) is 208 Å². The van der Waals surface area contributed by atoms with E-state index in [1.807, 2.05) is 0 Å². The minimum absolute atomic E-state index is 0.0476. The average molecular weight is 324 g/mol. The average Bonchev–Trinajstić information content (AvgIpc) is 3.01. The Labute approximate surface area is 126 Å². The molecule has 0 saturated carbocycles. The zero-order valence-electron chi connectivity index (χ0n) is 11.4. The molecule has 0 radical (unpaired) electrons. The van der Waals surface area contributed by atoms with Crippen molar-refractivity contribution in [3.63, 3.8) is 0 Å². The zero-order chi connectivity index (χ0) is 16.8. The van der Waals surface area contributed by atoms with Crippen molar-refractivity contribution in [3.05, 3.63) is 27.1 Å². The molecule has 4 atom stereocenters. The lowest BCUT2D eigenvalue weighted by Gasteiger charge is -2.26. The molecule has 0 amide bonds. The number of nitrogen functional groups attached to an aromatic ring is 1. The Bertz CT molecular complexity index is 857. The molecule has 23 heavy (non-hydrogen) atoms. The monoisotopic (exact) mass is 324 g/mol. The van der Waals surface area contributed by atoms with Crippen LogP contribution in [0.25, 0.3) is 21.6 Å². The lowest BCUT2D eigenvalue weighted by Crippen LogP contribution is -2.45. The van der Waals surface area contributed by atoms with Crippen LogP contribution in [0.15, 0.2) is 16.2 Å². The molecule has 0 bridgehead atoms.